The van der Waals surface area contributed by atoms with Gasteiger partial charge in [-0.3, -0.25) is 9.59 Å². The topological polar surface area (TPSA) is 80.6 Å². The highest BCUT2D eigenvalue weighted by atomic mass is 16.5. The third-order valence-electron chi connectivity index (χ3n) is 5.27. The summed E-state index contributed by atoms with van der Waals surface area (Å²) in [6.07, 6.45) is 0.576. The maximum atomic E-state index is 13.4. The number of hydrogen-bond acceptors (Lipinski definition) is 6. The van der Waals surface area contributed by atoms with Gasteiger partial charge in [0.2, 0.25) is 0 Å². The Morgan fingerprint density at radius 3 is 2.59 bits per heavy atom. The molecule has 4 rings (SSSR count). The molecule has 6 nitrogen and oxygen atoms in total. The van der Waals surface area contributed by atoms with Crippen molar-refractivity contribution in [1.29, 1.82) is 0 Å². The number of Topliss-reactive ketones (excluding diaryl/α,β-unsaturated/α-hetero) is 1. The largest absolute Gasteiger partial charge is 0.468 e. The zero-order valence-electron chi connectivity index (χ0n) is 15.5. The predicted molar refractivity (Wildman–Crippen MR) is 101 cm³/mol. The van der Waals surface area contributed by atoms with Gasteiger partial charge in [0.1, 0.15) is 23.5 Å². The van der Waals surface area contributed by atoms with Crippen molar-refractivity contribution in [3.63, 3.8) is 0 Å². The van der Waals surface area contributed by atoms with Crippen molar-refractivity contribution in [2.75, 3.05) is 17.7 Å². The van der Waals surface area contributed by atoms with Gasteiger partial charge in [-0.05, 0) is 43.5 Å². The Balaban J connectivity index is 1.86. The van der Waals surface area contributed by atoms with E-state index >= 15 is 0 Å². The number of hydrogen-bond donors (Lipinski definition) is 2. The molecule has 0 spiro atoms. The summed E-state index contributed by atoms with van der Waals surface area (Å²) >= 11 is 0. The third-order valence-corrected chi connectivity index (χ3v) is 5.27. The summed E-state index contributed by atoms with van der Waals surface area (Å²) in [6, 6.07) is 11.1. The summed E-state index contributed by atoms with van der Waals surface area (Å²) in [6.45, 7) is 3.77. The average molecular weight is 366 g/mol. The number of nitrogens with one attached hydrogen (secondary N) is 2. The SMILES string of the molecule is COC(=O)[C@@H]1C(=O)C2=C(C[C@@H]1C)Nc1ccccc1N[C@H]2c1ccc(C)o1. The maximum Gasteiger partial charge on any atom is 0.316 e. The highest BCUT2D eigenvalue weighted by Crippen LogP contribution is 2.43. The molecule has 0 saturated carbocycles. The lowest BCUT2D eigenvalue weighted by Crippen LogP contribution is -2.39. The molecule has 1 aliphatic heterocycles. The van der Waals surface area contributed by atoms with Crippen LogP contribution in [0.4, 0.5) is 11.4 Å². The Hall–Kier alpha value is -3.02. The molecule has 0 saturated heterocycles. The number of benzene rings is 1. The van der Waals surface area contributed by atoms with Crippen LogP contribution in [0.25, 0.3) is 0 Å². The molecular weight excluding hydrogens is 344 g/mol. The number of para-hydroxylation sites is 2. The lowest BCUT2D eigenvalue weighted by Gasteiger charge is -2.31. The van der Waals surface area contributed by atoms with Crippen molar-refractivity contribution in [2.24, 2.45) is 11.8 Å². The molecule has 0 bridgehead atoms. The molecule has 1 aromatic heterocycles. The van der Waals surface area contributed by atoms with E-state index in [-0.39, 0.29) is 11.7 Å². The number of carbonyl (C=O) groups excluding carboxylic acids is 2. The van der Waals surface area contributed by atoms with E-state index < -0.39 is 17.9 Å². The molecule has 2 N–H and O–H groups in total. The number of methoxy groups -OCH3 is 1. The lowest BCUT2D eigenvalue weighted by atomic mass is 9.75. The Morgan fingerprint density at radius 2 is 1.93 bits per heavy atom. The van der Waals surface area contributed by atoms with E-state index in [4.69, 9.17) is 9.15 Å². The molecule has 0 fully saturated rings. The molecular formula is C21H22N2O4. The van der Waals surface area contributed by atoms with Gasteiger partial charge in [-0.25, -0.2) is 0 Å². The Kier molecular flexibility index (Phi) is 4.26. The van der Waals surface area contributed by atoms with Crippen molar-refractivity contribution >= 4 is 23.1 Å². The number of fused-ring (bicyclic) bond motifs is 1. The average Bonchev–Trinajstić information content (AvgIpc) is 3.00. The number of allylic oxidation sites excluding steroid dienone is 1. The maximum absolute atomic E-state index is 13.4. The van der Waals surface area contributed by atoms with Crippen LogP contribution in [0.1, 0.15) is 30.9 Å². The number of rotatable bonds is 2. The van der Waals surface area contributed by atoms with Crippen LogP contribution < -0.4 is 10.6 Å². The fourth-order valence-electron chi connectivity index (χ4n) is 3.96. The molecule has 6 heteroatoms. The Labute approximate surface area is 157 Å². The van der Waals surface area contributed by atoms with Crippen LogP contribution in [0.15, 0.2) is 52.1 Å². The van der Waals surface area contributed by atoms with E-state index in [2.05, 4.69) is 10.6 Å². The normalized spacial score (nSPS) is 24.3. The molecule has 0 radical (unpaired) electrons. The second-order valence-electron chi connectivity index (χ2n) is 7.14. The van der Waals surface area contributed by atoms with Crippen molar-refractivity contribution in [3.05, 3.63) is 59.2 Å². The first kappa shape index (κ1) is 17.4. The fraction of sp³-hybridized carbons (Fsp3) is 0.333. The number of aryl methyl sites for hydroxylation is 1. The Bertz CT molecular complexity index is 943. The summed E-state index contributed by atoms with van der Waals surface area (Å²) in [5.74, 6) is -0.263. The van der Waals surface area contributed by atoms with E-state index in [0.29, 0.717) is 17.8 Å². The number of ketones is 1. The van der Waals surface area contributed by atoms with E-state index in [1.807, 2.05) is 50.2 Å². The second-order valence-corrected chi connectivity index (χ2v) is 7.14. The first-order valence-corrected chi connectivity index (χ1v) is 9.03. The van der Waals surface area contributed by atoms with Crippen molar-refractivity contribution < 1.29 is 18.7 Å². The van der Waals surface area contributed by atoms with Gasteiger partial charge in [0.25, 0.3) is 0 Å². The molecule has 2 aromatic rings. The molecule has 27 heavy (non-hydrogen) atoms. The summed E-state index contributed by atoms with van der Waals surface area (Å²) in [5.41, 5.74) is 3.13. The molecule has 0 unspecified atom stereocenters. The van der Waals surface area contributed by atoms with E-state index in [9.17, 15) is 9.59 Å². The highest BCUT2D eigenvalue weighted by Gasteiger charge is 2.44. The molecule has 1 aliphatic carbocycles. The summed E-state index contributed by atoms with van der Waals surface area (Å²) in [7, 11) is 1.32. The smallest absolute Gasteiger partial charge is 0.316 e. The quantitative estimate of drug-likeness (QED) is 0.621. The number of ether oxygens (including phenoxy) is 1. The van der Waals surface area contributed by atoms with Gasteiger partial charge >= 0.3 is 5.97 Å². The first-order chi connectivity index (χ1) is 13.0. The van der Waals surface area contributed by atoms with Gasteiger partial charge in [-0.1, -0.05) is 19.1 Å². The van der Waals surface area contributed by atoms with Crippen LogP contribution in [0.3, 0.4) is 0 Å². The minimum atomic E-state index is -0.808. The van der Waals surface area contributed by atoms with Gasteiger partial charge < -0.3 is 19.8 Å². The van der Waals surface area contributed by atoms with Gasteiger partial charge in [0.15, 0.2) is 5.78 Å². The van der Waals surface area contributed by atoms with Crippen LogP contribution in [0, 0.1) is 18.8 Å². The molecule has 3 atom stereocenters. The van der Waals surface area contributed by atoms with Crippen LogP contribution in [-0.2, 0) is 14.3 Å². The van der Waals surface area contributed by atoms with Crippen LogP contribution in [-0.4, -0.2) is 18.9 Å². The fourth-order valence-corrected chi connectivity index (χ4v) is 3.96. The van der Waals surface area contributed by atoms with Crippen LogP contribution in [0.5, 0.6) is 0 Å². The molecule has 2 heterocycles. The predicted octanol–water partition coefficient (Wildman–Crippen LogP) is 3.82. The summed E-state index contributed by atoms with van der Waals surface area (Å²) in [4.78, 5) is 25.7. The standard InChI is InChI=1S/C21H22N2O4/c1-11-10-15-18(20(24)17(11)21(25)26-3)19(16-9-8-12(2)27-16)23-14-7-5-4-6-13(14)22-15/h4-9,11,17,19,22-23H,10H2,1-3H3/t11-,17-,19-/m0/s1. The van der Waals surface area contributed by atoms with Gasteiger partial charge in [0.05, 0.1) is 18.5 Å². The summed E-state index contributed by atoms with van der Waals surface area (Å²) in [5, 5.41) is 6.83. The van der Waals surface area contributed by atoms with Crippen LogP contribution >= 0.6 is 0 Å². The number of carbonyl (C=O) groups is 2. The second kappa shape index (κ2) is 6.61. The van der Waals surface area contributed by atoms with Gasteiger partial charge in [0, 0.05) is 11.3 Å². The summed E-state index contributed by atoms with van der Waals surface area (Å²) < 4.78 is 10.7. The van der Waals surface area contributed by atoms with Crippen molar-refractivity contribution in [2.45, 2.75) is 26.3 Å². The third kappa shape index (κ3) is 2.91. The Morgan fingerprint density at radius 1 is 1.19 bits per heavy atom. The van der Waals surface area contributed by atoms with E-state index in [1.54, 1.807) is 0 Å². The van der Waals surface area contributed by atoms with Crippen molar-refractivity contribution in [3.8, 4) is 0 Å². The van der Waals surface area contributed by atoms with E-state index in [0.717, 1.165) is 22.8 Å². The minimum Gasteiger partial charge on any atom is -0.468 e. The van der Waals surface area contributed by atoms with Crippen LogP contribution in [0.2, 0.25) is 0 Å². The zero-order valence-corrected chi connectivity index (χ0v) is 15.5. The lowest BCUT2D eigenvalue weighted by molar-refractivity contribution is -0.151. The van der Waals surface area contributed by atoms with Gasteiger partial charge in [-0.2, -0.15) is 0 Å². The first-order valence-electron chi connectivity index (χ1n) is 9.03. The molecule has 1 aromatic carbocycles. The monoisotopic (exact) mass is 366 g/mol. The van der Waals surface area contributed by atoms with Gasteiger partial charge in [-0.15, -0.1) is 0 Å². The van der Waals surface area contributed by atoms with E-state index in [1.165, 1.54) is 7.11 Å². The highest BCUT2D eigenvalue weighted by molar-refractivity contribution is 6.11. The molecule has 0 amide bonds. The molecule has 140 valence electrons. The minimum absolute atomic E-state index is 0.152. The molecule has 2 aliphatic rings. The number of esters is 1. The van der Waals surface area contributed by atoms with Crippen molar-refractivity contribution in [1.82, 2.24) is 0 Å². The number of anilines is 2. The zero-order chi connectivity index (χ0) is 19.1. The number of furan rings is 1.